The van der Waals surface area contributed by atoms with E-state index in [1.807, 2.05) is 30.3 Å². The lowest BCUT2D eigenvalue weighted by molar-refractivity contribution is -0.117. The predicted molar refractivity (Wildman–Crippen MR) is 92.3 cm³/mol. The van der Waals surface area contributed by atoms with Gasteiger partial charge in [-0.15, -0.1) is 0 Å². The van der Waals surface area contributed by atoms with Crippen molar-refractivity contribution in [1.82, 2.24) is 5.32 Å². The number of nitrogens with one attached hydrogen (secondary N) is 2. The molecule has 1 saturated heterocycles. The molecule has 124 valence electrons. The zero-order chi connectivity index (χ0) is 16.9. The summed E-state index contributed by atoms with van der Waals surface area (Å²) in [5.74, 6) is 0.673. The van der Waals surface area contributed by atoms with E-state index in [1.54, 1.807) is 36.3 Å². The van der Waals surface area contributed by atoms with E-state index in [9.17, 15) is 9.59 Å². The third kappa shape index (κ3) is 3.65. The van der Waals surface area contributed by atoms with Crippen LogP contribution in [-0.4, -0.2) is 31.6 Å². The fourth-order valence-electron chi connectivity index (χ4n) is 2.72. The number of ether oxygens (including phenoxy) is 1. The summed E-state index contributed by atoms with van der Waals surface area (Å²) < 4.78 is 5.12. The number of hydrogen-bond donors (Lipinski definition) is 2. The van der Waals surface area contributed by atoms with E-state index in [4.69, 9.17) is 4.74 Å². The van der Waals surface area contributed by atoms with Gasteiger partial charge in [-0.2, -0.15) is 0 Å². The maximum Gasteiger partial charge on any atom is 0.319 e. The molecule has 0 radical (unpaired) electrons. The lowest BCUT2D eigenvalue weighted by Crippen LogP contribution is -2.39. The average molecular weight is 325 g/mol. The first-order chi connectivity index (χ1) is 11.7. The Morgan fingerprint density at radius 2 is 1.96 bits per heavy atom. The molecule has 2 aromatic carbocycles. The van der Waals surface area contributed by atoms with Gasteiger partial charge in [-0.3, -0.25) is 4.79 Å². The third-order valence-corrected chi connectivity index (χ3v) is 3.86. The molecule has 0 aromatic heterocycles. The number of para-hydroxylation sites is 1. The fraction of sp³-hybridized carbons (Fsp3) is 0.222. The number of amides is 3. The van der Waals surface area contributed by atoms with Crippen LogP contribution in [0.2, 0.25) is 0 Å². The highest BCUT2D eigenvalue weighted by molar-refractivity contribution is 5.97. The van der Waals surface area contributed by atoms with Crippen LogP contribution in [-0.2, 0) is 4.79 Å². The number of carbonyl (C=O) groups excluding carboxylic acids is 2. The zero-order valence-corrected chi connectivity index (χ0v) is 13.4. The standard InChI is InChI=1S/C18H19N3O3/c1-24-16-9-5-6-13(10-16)19-18(23)20-14-11-17(22)21(12-14)15-7-3-2-4-8-15/h2-10,14H,11-12H2,1H3,(H2,19,20,23). The van der Waals surface area contributed by atoms with Crippen LogP contribution in [0.15, 0.2) is 54.6 Å². The van der Waals surface area contributed by atoms with Crippen molar-refractivity contribution in [3.05, 3.63) is 54.6 Å². The van der Waals surface area contributed by atoms with Crippen molar-refractivity contribution in [2.75, 3.05) is 23.9 Å². The second kappa shape index (κ2) is 7.04. The number of anilines is 2. The van der Waals surface area contributed by atoms with Gasteiger partial charge >= 0.3 is 6.03 Å². The Balaban J connectivity index is 1.58. The highest BCUT2D eigenvalue weighted by Gasteiger charge is 2.31. The minimum absolute atomic E-state index is 0.00730. The van der Waals surface area contributed by atoms with Crippen molar-refractivity contribution in [3.63, 3.8) is 0 Å². The molecular weight excluding hydrogens is 306 g/mol. The molecular formula is C18H19N3O3. The van der Waals surface area contributed by atoms with Crippen LogP contribution in [0.1, 0.15) is 6.42 Å². The molecule has 0 spiro atoms. The smallest absolute Gasteiger partial charge is 0.319 e. The molecule has 1 fully saturated rings. The summed E-state index contributed by atoms with van der Waals surface area (Å²) in [6.07, 6.45) is 0.292. The number of methoxy groups -OCH3 is 1. The van der Waals surface area contributed by atoms with E-state index in [2.05, 4.69) is 10.6 Å². The lowest BCUT2D eigenvalue weighted by atomic mass is 10.2. The number of hydrogen-bond acceptors (Lipinski definition) is 3. The summed E-state index contributed by atoms with van der Waals surface area (Å²) >= 11 is 0. The summed E-state index contributed by atoms with van der Waals surface area (Å²) in [5, 5.41) is 5.59. The van der Waals surface area contributed by atoms with Crippen LogP contribution in [0.25, 0.3) is 0 Å². The maximum atomic E-state index is 12.1. The maximum absolute atomic E-state index is 12.1. The molecule has 0 bridgehead atoms. The van der Waals surface area contributed by atoms with Gasteiger partial charge in [0.05, 0.1) is 13.2 Å². The predicted octanol–water partition coefficient (Wildman–Crippen LogP) is 2.62. The van der Waals surface area contributed by atoms with E-state index >= 15 is 0 Å². The van der Waals surface area contributed by atoms with Gasteiger partial charge in [0, 0.05) is 30.4 Å². The van der Waals surface area contributed by atoms with Crippen LogP contribution < -0.4 is 20.3 Å². The molecule has 1 atom stereocenters. The molecule has 6 nitrogen and oxygen atoms in total. The van der Waals surface area contributed by atoms with Gasteiger partial charge in [-0.1, -0.05) is 24.3 Å². The quantitative estimate of drug-likeness (QED) is 0.908. The van der Waals surface area contributed by atoms with Crippen LogP contribution in [0.5, 0.6) is 5.75 Å². The monoisotopic (exact) mass is 325 g/mol. The van der Waals surface area contributed by atoms with Gasteiger partial charge in [-0.05, 0) is 24.3 Å². The fourth-order valence-corrected chi connectivity index (χ4v) is 2.72. The third-order valence-electron chi connectivity index (χ3n) is 3.86. The molecule has 3 rings (SSSR count). The molecule has 1 aliphatic heterocycles. The van der Waals surface area contributed by atoms with Crippen LogP contribution >= 0.6 is 0 Å². The van der Waals surface area contributed by atoms with Crippen LogP contribution in [0, 0.1) is 0 Å². The number of benzene rings is 2. The first-order valence-electron chi connectivity index (χ1n) is 7.72. The lowest BCUT2D eigenvalue weighted by Gasteiger charge is -2.17. The van der Waals surface area contributed by atoms with Crippen LogP contribution in [0.3, 0.4) is 0 Å². The minimum atomic E-state index is -0.337. The Kier molecular flexibility index (Phi) is 4.65. The van der Waals surface area contributed by atoms with Gasteiger partial charge in [-0.25, -0.2) is 4.79 Å². The minimum Gasteiger partial charge on any atom is -0.497 e. The van der Waals surface area contributed by atoms with Crippen molar-refractivity contribution in [3.8, 4) is 5.75 Å². The second-order valence-electron chi connectivity index (χ2n) is 5.57. The van der Waals surface area contributed by atoms with E-state index in [-0.39, 0.29) is 18.0 Å². The van der Waals surface area contributed by atoms with E-state index in [0.29, 0.717) is 24.4 Å². The molecule has 6 heteroatoms. The Bertz CT molecular complexity index is 733. The van der Waals surface area contributed by atoms with E-state index < -0.39 is 0 Å². The Morgan fingerprint density at radius 3 is 2.71 bits per heavy atom. The summed E-state index contributed by atoms with van der Waals surface area (Å²) in [4.78, 5) is 26.0. The molecule has 2 N–H and O–H groups in total. The second-order valence-corrected chi connectivity index (χ2v) is 5.57. The summed E-state index contributed by atoms with van der Waals surface area (Å²) in [6.45, 7) is 0.467. The summed E-state index contributed by atoms with van der Waals surface area (Å²) in [7, 11) is 1.57. The molecule has 1 aliphatic rings. The Labute approximate surface area is 140 Å². The summed E-state index contributed by atoms with van der Waals surface area (Å²) in [6, 6.07) is 16.0. The van der Waals surface area contributed by atoms with Gasteiger partial charge in [0.1, 0.15) is 5.75 Å². The molecule has 0 aliphatic carbocycles. The highest BCUT2D eigenvalue weighted by Crippen LogP contribution is 2.21. The van der Waals surface area contributed by atoms with Gasteiger partial charge < -0.3 is 20.3 Å². The number of carbonyl (C=O) groups is 2. The number of urea groups is 1. The molecule has 0 saturated carbocycles. The Morgan fingerprint density at radius 1 is 1.17 bits per heavy atom. The van der Waals surface area contributed by atoms with Crippen molar-refractivity contribution in [1.29, 1.82) is 0 Å². The number of rotatable bonds is 4. The molecule has 1 heterocycles. The first kappa shape index (κ1) is 15.9. The first-order valence-corrected chi connectivity index (χ1v) is 7.72. The van der Waals surface area contributed by atoms with Crippen molar-refractivity contribution in [2.24, 2.45) is 0 Å². The largest absolute Gasteiger partial charge is 0.497 e. The molecule has 3 amide bonds. The van der Waals surface area contributed by atoms with Crippen LogP contribution in [0.4, 0.5) is 16.2 Å². The Hall–Kier alpha value is -3.02. The SMILES string of the molecule is COc1cccc(NC(=O)NC2CC(=O)N(c3ccccc3)C2)c1. The van der Waals surface area contributed by atoms with Crippen molar-refractivity contribution < 1.29 is 14.3 Å². The molecule has 2 aromatic rings. The number of nitrogens with zero attached hydrogens (tertiary/aromatic N) is 1. The van der Waals surface area contributed by atoms with Gasteiger partial charge in [0.2, 0.25) is 5.91 Å². The van der Waals surface area contributed by atoms with Crippen molar-refractivity contribution >= 4 is 23.3 Å². The van der Waals surface area contributed by atoms with Gasteiger partial charge in [0.15, 0.2) is 0 Å². The average Bonchev–Trinajstić information content (AvgIpc) is 2.96. The zero-order valence-electron chi connectivity index (χ0n) is 13.4. The normalized spacial score (nSPS) is 16.8. The van der Waals surface area contributed by atoms with Crippen molar-refractivity contribution in [2.45, 2.75) is 12.5 Å². The topological polar surface area (TPSA) is 70.7 Å². The molecule has 24 heavy (non-hydrogen) atoms. The summed E-state index contributed by atoms with van der Waals surface area (Å²) in [5.41, 5.74) is 1.48. The van der Waals surface area contributed by atoms with E-state index in [1.165, 1.54) is 0 Å². The van der Waals surface area contributed by atoms with E-state index in [0.717, 1.165) is 5.69 Å². The molecule has 1 unspecified atom stereocenters. The highest BCUT2D eigenvalue weighted by atomic mass is 16.5. The van der Waals surface area contributed by atoms with Gasteiger partial charge in [0.25, 0.3) is 0 Å².